The molecule has 250 valence electrons. The molecular formula is C37H57NO6Si. The smallest absolute Gasteiger partial charge is 0.336 e. The predicted octanol–water partition coefficient (Wildman–Crippen LogP) is 8.07. The lowest BCUT2D eigenvalue weighted by atomic mass is 9.44. The van der Waals surface area contributed by atoms with Crippen LogP contribution in [0.15, 0.2) is 42.0 Å². The zero-order valence-corrected chi connectivity index (χ0v) is 30.1. The summed E-state index contributed by atoms with van der Waals surface area (Å²) in [5.74, 6) is 0.00548. The number of hydrogen-bond donors (Lipinski definition) is 1. The normalized spacial score (nSPS) is 34.8. The Kier molecular flexibility index (Phi) is 9.72. The van der Waals surface area contributed by atoms with Crippen LogP contribution in [0, 0.1) is 22.7 Å². The molecule has 2 aliphatic heterocycles. The van der Waals surface area contributed by atoms with Gasteiger partial charge in [0.15, 0.2) is 8.32 Å². The van der Waals surface area contributed by atoms with Crippen molar-refractivity contribution in [2.45, 2.75) is 129 Å². The van der Waals surface area contributed by atoms with E-state index in [0.717, 1.165) is 37.8 Å². The van der Waals surface area contributed by atoms with Crippen LogP contribution >= 0.6 is 0 Å². The van der Waals surface area contributed by atoms with Crippen molar-refractivity contribution >= 4 is 25.9 Å². The monoisotopic (exact) mass is 639 g/mol. The average molecular weight is 640 g/mol. The summed E-state index contributed by atoms with van der Waals surface area (Å²) in [5.41, 5.74) is 2.26. The number of esters is 2. The third kappa shape index (κ3) is 5.93. The van der Waals surface area contributed by atoms with E-state index in [9.17, 15) is 9.59 Å². The lowest BCUT2D eigenvalue weighted by Crippen LogP contribution is -2.64. The number of anilines is 1. The van der Waals surface area contributed by atoms with Gasteiger partial charge in [-0.15, -0.1) is 0 Å². The number of fused-ring (bicyclic) bond motifs is 3. The Morgan fingerprint density at radius 2 is 1.67 bits per heavy atom. The molecule has 1 aromatic carbocycles. The van der Waals surface area contributed by atoms with Crippen molar-refractivity contribution in [2.75, 3.05) is 25.1 Å². The number of carbonyl (C=O) groups is 2. The molecule has 4 aliphatic rings. The van der Waals surface area contributed by atoms with E-state index < -0.39 is 13.9 Å². The summed E-state index contributed by atoms with van der Waals surface area (Å²) >= 11 is 0. The molecule has 2 aliphatic carbocycles. The van der Waals surface area contributed by atoms with Gasteiger partial charge in [0.2, 0.25) is 0 Å². The number of ether oxygens (including phenoxy) is 3. The van der Waals surface area contributed by atoms with Gasteiger partial charge in [0.05, 0.1) is 17.3 Å². The molecule has 7 nitrogen and oxygen atoms in total. The summed E-state index contributed by atoms with van der Waals surface area (Å²) in [6.45, 7) is 21.9. The number of para-hydroxylation sites is 1. The van der Waals surface area contributed by atoms with Crippen molar-refractivity contribution < 1.29 is 28.2 Å². The molecule has 2 heterocycles. The number of benzene rings is 1. The Balaban J connectivity index is 1.52. The Morgan fingerprint density at radius 3 is 2.24 bits per heavy atom. The zero-order valence-electron chi connectivity index (χ0n) is 29.1. The Bertz CT molecular complexity index is 1240. The van der Waals surface area contributed by atoms with E-state index in [1.54, 1.807) is 0 Å². The lowest BCUT2D eigenvalue weighted by Gasteiger charge is -2.63. The molecule has 0 bridgehead atoms. The largest absolute Gasteiger partial charge is 0.462 e. The van der Waals surface area contributed by atoms with Gasteiger partial charge in [-0.3, -0.25) is 4.79 Å². The van der Waals surface area contributed by atoms with Crippen molar-refractivity contribution in [3.8, 4) is 0 Å². The third-order valence-corrected chi connectivity index (χ3v) is 18.6. The van der Waals surface area contributed by atoms with Gasteiger partial charge in [-0.1, -0.05) is 73.6 Å². The van der Waals surface area contributed by atoms with Crippen LogP contribution in [0.25, 0.3) is 0 Å². The van der Waals surface area contributed by atoms with Crippen LogP contribution in [0.3, 0.4) is 0 Å². The maximum atomic E-state index is 12.8. The standard InChI is InChI=1S/C37H57NO6Si/c1-24(2)45(25(3)4,26(5)6)42-23-36(9)31-15-19-37(22-38-28-13-11-10-12-14-28)32(21-30(44-37)29-17-20-41-34(29)40)35(31,8)18-16-33(36)43-27(7)39/h10-14,17,24-26,30-33,38H,15-16,18-23H2,1-9H3/t30-,31-,32-,33+,35+,36-,37+/m0/s1. The first kappa shape index (κ1) is 34.2. The quantitative estimate of drug-likeness (QED) is 0.194. The molecule has 0 unspecified atom stereocenters. The Labute approximate surface area is 272 Å². The highest BCUT2D eigenvalue weighted by molar-refractivity contribution is 6.77. The fraction of sp³-hybridized carbons (Fsp3) is 0.730. The summed E-state index contributed by atoms with van der Waals surface area (Å²) < 4.78 is 26.0. The number of rotatable bonds is 11. The second kappa shape index (κ2) is 12.8. The fourth-order valence-electron chi connectivity index (χ4n) is 10.6. The van der Waals surface area contributed by atoms with Gasteiger partial charge in [0, 0.05) is 31.2 Å². The highest BCUT2D eigenvalue weighted by atomic mass is 28.4. The highest BCUT2D eigenvalue weighted by Gasteiger charge is 2.67. The first-order chi connectivity index (χ1) is 21.2. The van der Waals surface area contributed by atoms with Crippen LogP contribution in [0.2, 0.25) is 16.6 Å². The van der Waals surface area contributed by atoms with Crippen molar-refractivity contribution in [3.05, 3.63) is 42.0 Å². The molecule has 1 N–H and O–H groups in total. The first-order valence-electron chi connectivity index (χ1n) is 17.3. The molecule has 8 heteroatoms. The van der Waals surface area contributed by atoms with Gasteiger partial charge in [0.25, 0.3) is 0 Å². The van der Waals surface area contributed by atoms with Gasteiger partial charge < -0.3 is 24.0 Å². The molecular weight excluding hydrogens is 582 g/mol. The van der Waals surface area contributed by atoms with Crippen LogP contribution in [0.5, 0.6) is 0 Å². The molecule has 1 saturated heterocycles. The molecule has 3 fully saturated rings. The third-order valence-electron chi connectivity index (χ3n) is 12.5. The molecule has 0 aromatic heterocycles. The van der Waals surface area contributed by atoms with E-state index >= 15 is 0 Å². The van der Waals surface area contributed by atoms with Crippen molar-refractivity contribution in [2.24, 2.45) is 22.7 Å². The minimum Gasteiger partial charge on any atom is -0.462 e. The summed E-state index contributed by atoms with van der Waals surface area (Å²) in [6.07, 6.45) is 5.73. The van der Waals surface area contributed by atoms with Gasteiger partial charge in [-0.05, 0) is 84.2 Å². The predicted molar refractivity (Wildman–Crippen MR) is 180 cm³/mol. The molecule has 2 saturated carbocycles. The molecule has 45 heavy (non-hydrogen) atoms. The van der Waals surface area contributed by atoms with Crippen molar-refractivity contribution in [3.63, 3.8) is 0 Å². The highest BCUT2D eigenvalue weighted by Crippen LogP contribution is 2.67. The van der Waals surface area contributed by atoms with Crippen LogP contribution in [-0.2, 0) is 28.2 Å². The van der Waals surface area contributed by atoms with E-state index in [-0.39, 0.29) is 46.8 Å². The number of hydrogen-bond acceptors (Lipinski definition) is 7. The maximum absolute atomic E-state index is 12.8. The molecule has 5 rings (SSSR count). The molecule has 1 aromatic rings. The van der Waals surface area contributed by atoms with Crippen LogP contribution in [0.4, 0.5) is 5.69 Å². The second-order valence-corrected chi connectivity index (χ2v) is 21.2. The van der Waals surface area contributed by atoms with Gasteiger partial charge in [-0.25, -0.2) is 4.79 Å². The van der Waals surface area contributed by atoms with E-state index in [0.29, 0.717) is 42.0 Å². The van der Waals surface area contributed by atoms with E-state index in [1.165, 1.54) is 6.92 Å². The van der Waals surface area contributed by atoms with Gasteiger partial charge >= 0.3 is 11.9 Å². The topological polar surface area (TPSA) is 83.1 Å². The second-order valence-electron chi connectivity index (χ2n) is 15.8. The van der Waals surface area contributed by atoms with Gasteiger partial charge in [-0.2, -0.15) is 0 Å². The maximum Gasteiger partial charge on any atom is 0.336 e. The van der Waals surface area contributed by atoms with Crippen LogP contribution in [0.1, 0.15) is 94.4 Å². The number of nitrogens with one attached hydrogen (secondary N) is 1. The van der Waals surface area contributed by atoms with E-state index in [4.69, 9.17) is 18.6 Å². The molecule has 0 radical (unpaired) electrons. The zero-order chi connectivity index (χ0) is 32.8. The van der Waals surface area contributed by atoms with E-state index in [2.05, 4.69) is 72.8 Å². The Hall–Kier alpha value is -2.16. The summed E-state index contributed by atoms with van der Waals surface area (Å²) in [6, 6.07) is 10.3. The minimum atomic E-state index is -2.17. The summed E-state index contributed by atoms with van der Waals surface area (Å²) in [7, 11) is -2.17. The summed E-state index contributed by atoms with van der Waals surface area (Å²) in [4.78, 5) is 25.3. The number of cyclic esters (lactones) is 1. The van der Waals surface area contributed by atoms with Crippen LogP contribution in [-0.4, -0.2) is 57.8 Å². The lowest BCUT2D eigenvalue weighted by molar-refractivity contribution is -0.209. The van der Waals surface area contributed by atoms with Crippen molar-refractivity contribution in [1.29, 1.82) is 0 Å². The van der Waals surface area contributed by atoms with Crippen LogP contribution < -0.4 is 5.32 Å². The fourth-order valence-corrected chi connectivity index (χ4v) is 16.2. The average Bonchev–Trinajstić information content (AvgIpc) is 3.58. The first-order valence-corrected chi connectivity index (χ1v) is 19.5. The molecule has 0 amide bonds. The van der Waals surface area contributed by atoms with E-state index in [1.807, 2.05) is 24.3 Å². The summed E-state index contributed by atoms with van der Waals surface area (Å²) in [5, 5.41) is 3.70. The number of carbonyl (C=O) groups excluding carboxylic acids is 2. The minimum absolute atomic E-state index is 0.0963. The Morgan fingerprint density at radius 1 is 1.00 bits per heavy atom. The molecule has 0 spiro atoms. The van der Waals surface area contributed by atoms with Crippen molar-refractivity contribution in [1.82, 2.24) is 0 Å². The van der Waals surface area contributed by atoms with Gasteiger partial charge in [0.1, 0.15) is 12.7 Å². The SMILES string of the molecule is CC(=O)O[C@@H]1CC[C@]2(C)[C@H](CC[C@]3(CNc4ccccc4)O[C@H](C4=CCOC4=O)C[C@H]32)[C@]1(C)CO[Si](C(C)C)(C(C)C)C(C)C. The molecule has 7 atom stereocenters.